The highest BCUT2D eigenvalue weighted by molar-refractivity contribution is 6.04. The van der Waals surface area contributed by atoms with E-state index in [2.05, 4.69) is 15.4 Å². The minimum atomic E-state index is -0.794. The van der Waals surface area contributed by atoms with Crippen molar-refractivity contribution in [2.75, 3.05) is 5.32 Å². The molecular formula is C19H15N7O5. The van der Waals surface area contributed by atoms with Gasteiger partial charge in [0.15, 0.2) is 0 Å². The van der Waals surface area contributed by atoms with Crippen LogP contribution in [0.3, 0.4) is 0 Å². The molecule has 0 aliphatic carbocycles. The molecule has 0 radical (unpaired) electrons. The van der Waals surface area contributed by atoms with Gasteiger partial charge in [-0.05, 0) is 19.1 Å². The molecule has 2 aromatic carbocycles. The molecule has 1 N–H and O–H groups in total. The number of imidazole rings is 1. The second-order valence-corrected chi connectivity index (χ2v) is 6.75. The van der Waals surface area contributed by atoms with E-state index in [0.29, 0.717) is 11.6 Å². The molecule has 0 bridgehead atoms. The lowest BCUT2D eigenvalue weighted by atomic mass is 10.1. The van der Waals surface area contributed by atoms with E-state index < -0.39 is 27.1 Å². The van der Waals surface area contributed by atoms with Crippen molar-refractivity contribution in [3.05, 3.63) is 80.0 Å². The van der Waals surface area contributed by atoms with Crippen LogP contribution in [-0.4, -0.2) is 35.1 Å². The van der Waals surface area contributed by atoms with Crippen LogP contribution in [0.1, 0.15) is 16.1 Å². The Morgan fingerprint density at radius 3 is 2.29 bits per heavy atom. The summed E-state index contributed by atoms with van der Waals surface area (Å²) in [6, 6.07) is 11.8. The first-order valence-corrected chi connectivity index (χ1v) is 8.98. The number of amides is 1. The maximum atomic E-state index is 12.8. The summed E-state index contributed by atoms with van der Waals surface area (Å²) in [5.74, 6) is -0.0589. The number of carbonyl (C=O) groups excluding carboxylic acids is 1. The lowest BCUT2D eigenvalue weighted by Crippen LogP contribution is -2.17. The Labute approximate surface area is 174 Å². The Hall–Kier alpha value is -4.61. The molecule has 0 aliphatic heterocycles. The number of aryl methyl sites for hydroxylation is 2. The van der Waals surface area contributed by atoms with Gasteiger partial charge in [0.05, 0.1) is 38.2 Å². The van der Waals surface area contributed by atoms with Crippen molar-refractivity contribution in [1.29, 1.82) is 0 Å². The van der Waals surface area contributed by atoms with Crippen molar-refractivity contribution in [1.82, 2.24) is 19.3 Å². The minimum absolute atomic E-state index is 0.226. The Balaban J connectivity index is 1.74. The lowest BCUT2D eigenvalue weighted by Gasteiger charge is -2.09. The zero-order chi connectivity index (χ0) is 22.3. The van der Waals surface area contributed by atoms with E-state index in [4.69, 9.17) is 0 Å². The van der Waals surface area contributed by atoms with Gasteiger partial charge in [-0.2, -0.15) is 9.78 Å². The molecule has 0 spiro atoms. The van der Waals surface area contributed by atoms with Crippen LogP contribution >= 0.6 is 0 Å². The van der Waals surface area contributed by atoms with Gasteiger partial charge in [0.1, 0.15) is 5.82 Å². The number of aromatic nitrogens is 4. The molecule has 156 valence electrons. The number of nitro benzene ring substituents is 2. The fourth-order valence-corrected chi connectivity index (χ4v) is 3.19. The molecule has 4 rings (SSSR count). The summed E-state index contributed by atoms with van der Waals surface area (Å²) in [5, 5.41) is 29.2. The Kier molecular flexibility index (Phi) is 4.66. The summed E-state index contributed by atoms with van der Waals surface area (Å²) in [6.07, 6.45) is 0. The maximum absolute atomic E-state index is 12.8. The summed E-state index contributed by atoms with van der Waals surface area (Å²) in [4.78, 5) is 37.9. The van der Waals surface area contributed by atoms with Gasteiger partial charge in [-0.15, -0.1) is 0 Å². The summed E-state index contributed by atoms with van der Waals surface area (Å²) in [5.41, 5.74) is 0.847. The first-order chi connectivity index (χ1) is 14.7. The molecule has 12 nitrogen and oxygen atoms in total. The number of para-hydroxylation sites is 2. The summed E-state index contributed by atoms with van der Waals surface area (Å²) >= 11 is 0. The number of rotatable bonds is 5. The third-order valence-corrected chi connectivity index (χ3v) is 4.61. The van der Waals surface area contributed by atoms with E-state index in [1.807, 2.05) is 24.3 Å². The molecule has 1 amide bonds. The highest BCUT2D eigenvalue weighted by Crippen LogP contribution is 2.25. The first-order valence-electron chi connectivity index (χ1n) is 8.98. The molecule has 0 fully saturated rings. The van der Waals surface area contributed by atoms with Crippen LogP contribution in [0.15, 0.2) is 48.5 Å². The number of carbonyl (C=O) groups is 1. The topological polar surface area (TPSA) is 151 Å². The highest BCUT2D eigenvalue weighted by atomic mass is 16.6. The van der Waals surface area contributed by atoms with Crippen molar-refractivity contribution < 1.29 is 14.6 Å². The minimum Gasteiger partial charge on any atom is -0.311 e. The normalized spacial score (nSPS) is 10.9. The van der Waals surface area contributed by atoms with Crippen molar-refractivity contribution in [2.45, 2.75) is 6.92 Å². The molecule has 0 saturated carbocycles. The molecule has 4 aromatic rings. The number of hydrogen-bond donors (Lipinski definition) is 1. The number of anilines is 1. The van der Waals surface area contributed by atoms with E-state index in [1.165, 1.54) is 4.68 Å². The number of non-ortho nitro benzene ring substituents is 2. The fraction of sp³-hybridized carbons (Fsp3) is 0.105. The van der Waals surface area contributed by atoms with Crippen LogP contribution in [-0.2, 0) is 7.05 Å². The second kappa shape index (κ2) is 7.33. The van der Waals surface area contributed by atoms with Gasteiger partial charge in [-0.3, -0.25) is 25.0 Å². The summed E-state index contributed by atoms with van der Waals surface area (Å²) < 4.78 is 3.23. The quantitative estimate of drug-likeness (QED) is 0.384. The Bertz CT molecular complexity index is 1340. The predicted molar refractivity (Wildman–Crippen MR) is 110 cm³/mol. The average molecular weight is 421 g/mol. The first kappa shape index (κ1) is 19.7. The van der Waals surface area contributed by atoms with E-state index in [1.54, 1.807) is 24.6 Å². The zero-order valence-corrected chi connectivity index (χ0v) is 16.3. The standard InChI is InChI=1S/C19H15N7O5/c1-11-7-17(24(22-11)19-20-15-5-3-4-6-16(15)23(19)2)21-18(27)12-8-13(25(28)29)10-14(9-12)26(30)31/h3-10H,1-2H3,(H,21,27). The van der Waals surface area contributed by atoms with Gasteiger partial charge in [0.2, 0.25) is 5.95 Å². The van der Waals surface area contributed by atoms with E-state index in [0.717, 1.165) is 29.2 Å². The Morgan fingerprint density at radius 1 is 1.03 bits per heavy atom. The van der Waals surface area contributed by atoms with Crippen molar-refractivity contribution in [3.8, 4) is 5.95 Å². The number of nitro groups is 2. The molecule has 31 heavy (non-hydrogen) atoms. The van der Waals surface area contributed by atoms with Gasteiger partial charge in [-0.1, -0.05) is 12.1 Å². The van der Waals surface area contributed by atoms with E-state index >= 15 is 0 Å². The van der Waals surface area contributed by atoms with Gasteiger partial charge in [-0.25, -0.2) is 4.98 Å². The third-order valence-electron chi connectivity index (χ3n) is 4.61. The maximum Gasteiger partial charge on any atom is 0.277 e. The van der Waals surface area contributed by atoms with Crippen LogP contribution < -0.4 is 5.32 Å². The van der Waals surface area contributed by atoms with E-state index in [9.17, 15) is 25.0 Å². The monoisotopic (exact) mass is 421 g/mol. The largest absolute Gasteiger partial charge is 0.311 e. The van der Waals surface area contributed by atoms with Crippen molar-refractivity contribution >= 4 is 34.1 Å². The van der Waals surface area contributed by atoms with Crippen molar-refractivity contribution in [2.24, 2.45) is 7.05 Å². The fourth-order valence-electron chi connectivity index (χ4n) is 3.19. The summed E-state index contributed by atoms with van der Waals surface area (Å²) in [7, 11) is 1.80. The van der Waals surface area contributed by atoms with Crippen LogP contribution in [0.2, 0.25) is 0 Å². The molecule has 0 unspecified atom stereocenters. The Morgan fingerprint density at radius 2 is 1.68 bits per heavy atom. The predicted octanol–water partition coefficient (Wildman–Crippen LogP) is 3.14. The number of benzene rings is 2. The van der Waals surface area contributed by atoms with Gasteiger partial charge >= 0.3 is 0 Å². The van der Waals surface area contributed by atoms with Crippen LogP contribution in [0.5, 0.6) is 0 Å². The molecule has 0 aliphatic rings. The SMILES string of the molecule is Cc1cc(NC(=O)c2cc([N+](=O)[O-])cc([N+](=O)[O-])c2)n(-c2nc3ccccc3n2C)n1. The molecule has 12 heteroatoms. The molecule has 2 heterocycles. The van der Waals surface area contributed by atoms with Crippen LogP contribution in [0.25, 0.3) is 17.0 Å². The number of nitrogens with zero attached hydrogens (tertiary/aromatic N) is 6. The lowest BCUT2D eigenvalue weighted by molar-refractivity contribution is -0.394. The average Bonchev–Trinajstić information content (AvgIpc) is 3.26. The van der Waals surface area contributed by atoms with Crippen LogP contribution in [0.4, 0.5) is 17.2 Å². The van der Waals surface area contributed by atoms with Gasteiger partial charge in [0.25, 0.3) is 17.3 Å². The highest BCUT2D eigenvalue weighted by Gasteiger charge is 2.22. The van der Waals surface area contributed by atoms with Gasteiger partial charge < -0.3 is 9.88 Å². The van der Waals surface area contributed by atoms with E-state index in [-0.39, 0.29) is 11.4 Å². The van der Waals surface area contributed by atoms with Crippen LogP contribution in [0, 0.1) is 27.2 Å². The number of fused-ring (bicyclic) bond motifs is 1. The number of hydrogen-bond acceptors (Lipinski definition) is 7. The molecule has 0 atom stereocenters. The summed E-state index contributed by atoms with van der Waals surface area (Å²) in [6.45, 7) is 1.73. The number of nitrogens with one attached hydrogen (secondary N) is 1. The third kappa shape index (κ3) is 3.57. The molecule has 2 aromatic heterocycles. The molecular weight excluding hydrogens is 406 g/mol. The second-order valence-electron chi connectivity index (χ2n) is 6.75. The smallest absolute Gasteiger partial charge is 0.277 e. The molecule has 0 saturated heterocycles. The van der Waals surface area contributed by atoms with Gasteiger partial charge in [0, 0.05) is 25.2 Å². The van der Waals surface area contributed by atoms with Crippen molar-refractivity contribution in [3.63, 3.8) is 0 Å². The zero-order valence-electron chi connectivity index (χ0n) is 16.3.